The van der Waals surface area contributed by atoms with Crippen LogP contribution in [0.5, 0.6) is 0 Å². The molecule has 0 aromatic heterocycles. The van der Waals surface area contributed by atoms with Crippen LogP contribution in [0.25, 0.3) is 0 Å². The van der Waals surface area contributed by atoms with Crippen molar-refractivity contribution in [2.75, 3.05) is 13.2 Å². The van der Waals surface area contributed by atoms with Gasteiger partial charge < -0.3 is 9.47 Å². The SMILES string of the molecule is CCCCCCCCCCCCCCCCCCCCOC(=O)CCCC(=O)OCC(F)(F)C(F)(F)C(F)(F)F. The van der Waals surface area contributed by atoms with Crippen LogP contribution in [0.15, 0.2) is 0 Å². The first-order chi connectivity index (χ1) is 18.8. The predicted octanol–water partition coefficient (Wildman–Crippen LogP) is 10.1. The molecule has 0 aliphatic heterocycles. The molecule has 0 radical (unpaired) electrons. The molecule has 0 N–H and O–H groups in total. The summed E-state index contributed by atoms with van der Waals surface area (Å²) in [4.78, 5) is 23.0. The summed E-state index contributed by atoms with van der Waals surface area (Å²) < 4.78 is 96.7. The maximum atomic E-state index is 13.1. The predicted molar refractivity (Wildman–Crippen MR) is 140 cm³/mol. The third-order valence-electron chi connectivity index (χ3n) is 6.75. The lowest BCUT2D eigenvalue weighted by Gasteiger charge is -2.27. The smallest absolute Gasteiger partial charge is 0.460 e. The van der Waals surface area contributed by atoms with Crippen molar-refractivity contribution in [3.63, 3.8) is 0 Å². The summed E-state index contributed by atoms with van der Waals surface area (Å²) in [5.41, 5.74) is 0. The van der Waals surface area contributed by atoms with Crippen molar-refractivity contribution in [3.8, 4) is 0 Å². The quantitative estimate of drug-likeness (QED) is 0.0568. The fourth-order valence-electron chi connectivity index (χ4n) is 4.18. The van der Waals surface area contributed by atoms with Gasteiger partial charge in [0.2, 0.25) is 0 Å². The van der Waals surface area contributed by atoms with E-state index in [0.717, 1.165) is 19.3 Å². The standard InChI is InChI=1S/C29H49F7O4/c1-2-3-4-5-6-7-8-9-10-11-12-13-14-15-16-17-18-19-23-39-25(37)21-20-22-26(38)40-24-27(30,31)28(32,33)29(34,35)36/h2-24H2,1H3. The summed E-state index contributed by atoms with van der Waals surface area (Å²) in [5, 5.41) is 0. The summed E-state index contributed by atoms with van der Waals surface area (Å²) in [6.07, 6.45) is 14.8. The topological polar surface area (TPSA) is 52.6 Å². The van der Waals surface area contributed by atoms with E-state index in [1.54, 1.807) is 0 Å². The fraction of sp³-hybridized carbons (Fsp3) is 0.931. The fourth-order valence-corrected chi connectivity index (χ4v) is 4.18. The molecule has 0 unspecified atom stereocenters. The molecule has 0 amide bonds. The van der Waals surface area contributed by atoms with Gasteiger partial charge in [0.15, 0.2) is 6.61 Å². The number of unbranched alkanes of at least 4 members (excludes halogenated alkanes) is 17. The van der Waals surface area contributed by atoms with Crippen molar-refractivity contribution in [1.82, 2.24) is 0 Å². The van der Waals surface area contributed by atoms with E-state index in [-0.39, 0.29) is 19.4 Å². The zero-order valence-corrected chi connectivity index (χ0v) is 24.0. The van der Waals surface area contributed by atoms with Crippen molar-refractivity contribution in [2.24, 2.45) is 0 Å². The minimum atomic E-state index is -6.49. The van der Waals surface area contributed by atoms with Crippen molar-refractivity contribution >= 4 is 11.9 Å². The van der Waals surface area contributed by atoms with Gasteiger partial charge in [-0.1, -0.05) is 116 Å². The molecule has 0 aliphatic carbocycles. The molecule has 0 rings (SSSR count). The monoisotopic (exact) mass is 594 g/mol. The molecule has 4 nitrogen and oxygen atoms in total. The third kappa shape index (κ3) is 18.7. The van der Waals surface area contributed by atoms with Gasteiger partial charge in [0.1, 0.15) is 0 Å². The summed E-state index contributed by atoms with van der Waals surface area (Å²) in [6, 6.07) is 0. The number of carbonyl (C=O) groups excluding carboxylic acids is 2. The number of rotatable bonds is 26. The maximum absolute atomic E-state index is 13.1. The Balaban J connectivity index is 3.54. The van der Waals surface area contributed by atoms with Gasteiger partial charge in [-0.15, -0.1) is 0 Å². The highest BCUT2D eigenvalue weighted by Gasteiger charge is 2.73. The molecule has 0 aromatic rings. The second kappa shape index (κ2) is 22.1. The second-order valence-corrected chi connectivity index (χ2v) is 10.5. The Morgan fingerprint density at radius 1 is 0.500 bits per heavy atom. The van der Waals surface area contributed by atoms with Gasteiger partial charge >= 0.3 is 30.0 Å². The lowest BCUT2D eigenvalue weighted by Crippen LogP contribution is -2.54. The van der Waals surface area contributed by atoms with Crippen molar-refractivity contribution in [3.05, 3.63) is 0 Å². The Morgan fingerprint density at radius 2 is 0.850 bits per heavy atom. The molecule has 238 valence electrons. The van der Waals surface area contributed by atoms with Crippen LogP contribution >= 0.6 is 0 Å². The highest BCUT2D eigenvalue weighted by molar-refractivity contribution is 5.72. The van der Waals surface area contributed by atoms with Crippen molar-refractivity contribution in [1.29, 1.82) is 0 Å². The number of esters is 2. The first-order valence-electron chi connectivity index (χ1n) is 15.0. The molecule has 0 aliphatic rings. The maximum Gasteiger partial charge on any atom is 0.460 e. The first-order valence-corrected chi connectivity index (χ1v) is 15.0. The van der Waals surface area contributed by atoms with E-state index < -0.39 is 43.0 Å². The van der Waals surface area contributed by atoms with Gasteiger partial charge in [-0.3, -0.25) is 9.59 Å². The highest BCUT2D eigenvalue weighted by atomic mass is 19.4. The van der Waals surface area contributed by atoms with Crippen LogP contribution in [0.1, 0.15) is 142 Å². The molecule has 0 aromatic carbocycles. The molecular formula is C29H49F7O4. The Bertz CT molecular complexity index is 655. The molecule has 0 bridgehead atoms. The first kappa shape index (κ1) is 38.5. The van der Waals surface area contributed by atoms with Crippen LogP contribution in [0.3, 0.4) is 0 Å². The van der Waals surface area contributed by atoms with Gasteiger partial charge in [-0.2, -0.15) is 30.7 Å². The van der Waals surface area contributed by atoms with Crippen LogP contribution in [0.2, 0.25) is 0 Å². The third-order valence-corrected chi connectivity index (χ3v) is 6.75. The van der Waals surface area contributed by atoms with Crippen LogP contribution in [0, 0.1) is 0 Å². The van der Waals surface area contributed by atoms with E-state index in [4.69, 9.17) is 4.74 Å². The normalized spacial score (nSPS) is 12.5. The van der Waals surface area contributed by atoms with Crippen LogP contribution in [0.4, 0.5) is 30.7 Å². The highest BCUT2D eigenvalue weighted by Crippen LogP contribution is 2.46. The average Bonchev–Trinajstić information content (AvgIpc) is 2.88. The Kier molecular flexibility index (Phi) is 21.2. The molecule has 0 spiro atoms. The van der Waals surface area contributed by atoms with Crippen molar-refractivity contribution in [2.45, 2.75) is 160 Å². The average molecular weight is 595 g/mol. The summed E-state index contributed by atoms with van der Waals surface area (Å²) in [6.45, 7) is 0.0344. The molecule has 40 heavy (non-hydrogen) atoms. The van der Waals surface area contributed by atoms with E-state index in [1.807, 2.05) is 0 Å². The largest absolute Gasteiger partial charge is 0.466 e. The molecule has 11 heteroatoms. The number of ether oxygens (including phenoxy) is 2. The van der Waals surface area contributed by atoms with E-state index >= 15 is 0 Å². The van der Waals surface area contributed by atoms with Gasteiger partial charge in [-0.25, -0.2) is 0 Å². The molecular weight excluding hydrogens is 545 g/mol. The number of carbonyl (C=O) groups is 2. The molecule has 0 saturated carbocycles. The number of hydrogen-bond acceptors (Lipinski definition) is 4. The Morgan fingerprint density at radius 3 is 1.23 bits per heavy atom. The lowest BCUT2D eigenvalue weighted by atomic mass is 10.0. The lowest BCUT2D eigenvalue weighted by molar-refractivity contribution is -0.359. The molecule has 0 heterocycles. The van der Waals surface area contributed by atoms with E-state index in [9.17, 15) is 40.3 Å². The Labute approximate surface area is 235 Å². The van der Waals surface area contributed by atoms with Gasteiger partial charge in [-0.05, 0) is 12.8 Å². The van der Waals surface area contributed by atoms with Crippen molar-refractivity contribution < 1.29 is 49.8 Å². The zero-order valence-electron chi connectivity index (χ0n) is 24.0. The molecule has 0 atom stereocenters. The summed E-state index contributed by atoms with van der Waals surface area (Å²) in [5.74, 6) is -14.0. The number of hydrogen-bond donors (Lipinski definition) is 0. The zero-order chi connectivity index (χ0) is 30.3. The van der Waals surface area contributed by atoms with E-state index in [0.29, 0.717) is 6.42 Å². The number of halogens is 7. The van der Waals surface area contributed by atoms with Gasteiger partial charge in [0.25, 0.3) is 0 Å². The second-order valence-electron chi connectivity index (χ2n) is 10.5. The number of alkyl halides is 7. The van der Waals surface area contributed by atoms with Crippen LogP contribution < -0.4 is 0 Å². The van der Waals surface area contributed by atoms with Gasteiger partial charge in [0.05, 0.1) is 6.61 Å². The molecule has 0 saturated heterocycles. The van der Waals surface area contributed by atoms with Crippen LogP contribution in [-0.4, -0.2) is 43.2 Å². The van der Waals surface area contributed by atoms with Gasteiger partial charge in [0, 0.05) is 12.8 Å². The van der Waals surface area contributed by atoms with Crippen LogP contribution in [-0.2, 0) is 19.1 Å². The Hall–Kier alpha value is -1.55. The summed E-state index contributed by atoms with van der Waals surface area (Å²) >= 11 is 0. The minimum absolute atomic E-state index is 0.169. The minimum Gasteiger partial charge on any atom is -0.466 e. The van der Waals surface area contributed by atoms with E-state index in [2.05, 4.69) is 11.7 Å². The van der Waals surface area contributed by atoms with E-state index in [1.165, 1.54) is 89.9 Å². The summed E-state index contributed by atoms with van der Waals surface area (Å²) in [7, 11) is 0. The molecule has 0 fully saturated rings.